The van der Waals surface area contributed by atoms with E-state index in [-0.39, 0.29) is 0 Å². The van der Waals surface area contributed by atoms with Gasteiger partial charge in [0.05, 0.1) is 5.01 Å². The fraction of sp³-hybridized carbons (Fsp3) is 0.800. The van der Waals surface area contributed by atoms with Crippen LogP contribution in [0.15, 0.2) is 6.20 Å². The van der Waals surface area contributed by atoms with E-state index >= 15 is 0 Å². The van der Waals surface area contributed by atoms with Crippen LogP contribution in [0.2, 0.25) is 0 Å². The van der Waals surface area contributed by atoms with Gasteiger partial charge in [-0.2, -0.15) is 0 Å². The number of thiazole rings is 1. The largest absolute Gasteiger partial charge is 0.316 e. The Morgan fingerprint density at radius 1 is 1.53 bits per heavy atom. The number of hydrogen-bond acceptors (Lipinski definition) is 4. The minimum atomic E-state index is 0.750. The summed E-state index contributed by atoms with van der Waals surface area (Å²) in [5.74, 6) is 1.57. The second-order valence-corrected chi connectivity index (χ2v) is 7.46. The van der Waals surface area contributed by atoms with Gasteiger partial charge < -0.3 is 5.32 Å². The highest BCUT2D eigenvalue weighted by molar-refractivity contribution is 7.11. The molecule has 0 amide bonds. The van der Waals surface area contributed by atoms with Crippen molar-refractivity contribution in [3.63, 3.8) is 0 Å². The fourth-order valence-electron chi connectivity index (χ4n) is 2.74. The molecular formula is C15H27N3S. The molecule has 108 valence electrons. The first-order valence-electron chi connectivity index (χ1n) is 7.48. The summed E-state index contributed by atoms with van der Waals surface area (Å²) in [6, 6.07) is 0. The fourth-order valence-corrected chi connectivity index (χ4v) is 3.57. The van der Waals surface area contributed by atoms with E-state index in [0.29, 0.717) is 0 Å². The van der Waals surface area contributed by atoms with E-state index < -0.39 is 0 Å². The molecule has 1 aliphatic rings. The van der Waals surface area contributed by atoms with Gasteiger partial charge in [-0.1, -0.05) is 13.8 Å². The molecule has 0 aliphatic carbocycles. The molecule has 0 saturated carbocycles. The molecule has 4 heteroatoms. The predicted molar refractivity (Wildman–Crippen MR) is 82.6 cm³/mol. The molecule has 1 aromatic heterocycles. The van der Waals surface area contributed by atoms with E-state index in [0.717, 1.165) is 24.9 Å². The molecular weight excluding hydrogens is 254 g/mol. The maximum atomic E-state index is 4.35. The summed E-state index contributed by atoms with van der Waals surface area (Å²) in [6.07, 6.45) is 4.76. The molecule has 2 heterocycles. The smallest absolute Gasteiger partial charge is 0.0897 e. The number of likely N-dealkylation sites (tertiary alicyclic amines) is 1. The lowest BCUT2D eigenvalue weighted by atomic mass is 9.98. The summed E-state index contributed by atoms with van der Waals surface area (Å²) in [7, 11) is 0. The number of nitrogens with zero attached hydrogens (tertiary/aromatic N) is 2. The van der Waals surface area contributed by atoms with E-state index in [2.05, 4.69) is 36.0 Å². The van der Waals surface area contributed by atoms with Crippen LogP contribution >= 0.6 is 11.3 Å². The van der Waals surface area contributed by atoms with Gasteiger partial charge in [0.2, 0.25) is 0 Å². The Balaban J connectivity index is 1.74. The van der Waals surface area contributed by atoms with Gasteiger partial charge in [-0.15, -0.1) is 11.3 Å². The van der Waals surface area contributed by atoms with Crippen LogP contribution in [0.25, 0.3) is 0 Å². The van der Waals surface area contributed by atoms with E-state index in [1.807, 2.05) is 17.5 Å². The lowest BCUT2D eigenvalue weighted by Gasteiger charge is -2.32. The van der Waals surface area contributed by atoms with Crippen LogP contribution in [0.1, 0.15) is 36.6 Å². The molecule has 2 rings (SSSR count). The highest BCUT2D eigenvalue weighted by atomic mass is 32.1. The molecule has 0 bridgehead atoms. The molecule has 0 radical (unpaired) electrons. The highest BCUT2D eigenvalue weighted by Crippen LogP contribution is 2.20. The van der Waals surface area contributed by atoms with Crippen LogP contribution in [-0.4, -0.2) is 36.1 Å². The third-order valence-corrected chi connectivity index (χ3v) is 4.53. The maximum Gasteiger partial charge on any atom is 0.0897 e. The lowest BCUT2D eigenvalue weighted by molar-refractivity contribution is 0.166. The van der Waals surface area contributed by atoms with Crippen LogP contribution in [0, 0.1) is 18.8 Å². The van der Waals surface area contributed by atoms with Crippen LogP contribution in [0.5, 0.6) is 0 Å². The molecule has 1 aliphatic heterocycles. The molecule has 0 aromatic carbocycles. The highest BCUT2D eigenvalue weighted by Gasteiger charge is 2.20. The van der Waals surface area contributed by atoms with Crippen molar-refractivity contribution in [3.8, 4) is 0 Å². The summed E-state index contributed by atoms with van der Waals surface area (Å²) in [6.45, 7) is 12.5. The zero-order valence-electron chi connectivity index (χ0n) is 12.5. The average Bonchev–Trinajstić information content (AvgIpc) is 2.75. The van der Waals surface area contributed by atoms with Crippen molar-refractivity contribution < 1.29 is 0 Å². The molecule has 1 unspecified atom stereocenters. The maximum absolute atomic E-state index is 4.35. The van der Waals surface area contributed by atoms with Crippen molar-refractivity contribution in [2.75, 3.05) is 26.2 Å². The number of rotatable bonds is 6. The van der Waals surface area contributed by atoms with Crippen molar-refractivity contribution in [1.29, 1.82) is 0 Å². The number of aryl methyl sites for hydroxylation is 1. The van der Waals surface area contributed by atoms with Gasteiger partial charge in [0.15, 0.2) is 0 Å². The Morgan fingerprint density at radius 3 is 3.05 bits per heavy atom. The van der Waals surface area contributed by atoms with Gasteiger partial charge in [-0.25, -0.2) is 4.98 Å². The Morgan fingerprint density at radius 2 is 2.37 bits per heavy atom. The lowest BCUT2D eigenvalue weighted by Crippen LogP contribution is -2.39. The van der Waals surface area contributed by atoms with E-state index in [4.69, 9.17) is 0 Å². The molecule has 19 heavy (non-hydrogen) atoms. The van der Waals surface area contributed by atoms with Crippen molar-refractivity contribution in [2.24, 2.45) is 11.8 Å². The molecule has 1 saturated heterocycles. The third-order valence-electron chi connectivity index (χ3n) is 3.64. The van der Waals surface area contributed by atoms with Gasteiger partial charge in [0.1, 0.15) is 0 Å². The Labute approximate surface area is 121 Å². The SMILES string of the molecule is Cc1ncc(CN2CCCC(CNCC(C)C)C2)s1. The van der Waals surface area contributed by atoms with E-state index in [1.165, 1.54) is 42.4 Å². The summed E-state index contributed by atoms with van der Waals surface area (Å²) >= 11 is 1.84. The van der Waals surface area contributed by atoms with Gasteiger partial charge in [0, 0.05) is 24.2 Å². The van der Waals surface area contributed by atoms with Gasteiger partial charge in [-0.3, -0.25) is 4.90 Å². The number of piperidine rings is 1. The second kappa shape index (κ2) is 7.36. The van der Waals surface area contributed by atoms with E-state index in [9.17, 15) is 0 Å². The van der Waals surface area contributed by atoms with Gasteiger partial charge in [0.25, 0.3) is 0 Å². The van der Waals surface area contributed by atoms with Crippen LogP contribution in [0.3, 0.4) is 0 Å². The first kappa shape index (κ1) is 14.9. The van der Waals surface area contributed by atoms with E-state index in [1.54, 1.807) is 0 Å². The third kappa shape index (κ3) is 5.21. The average molecular weight is 281 g/mol. The van der Waals surface area contributed by atoms with Gasteiger partial charge in [-0.05, 0) is 51.2 Å². The minimum Gasteiger partial charge on any atom is -0.316 e. The number of aromatic nitrogens is 1. The number of nitrogens with one attached hydrogen (secondary N) is 1. The normalized spacial score (nSPS) is 21.2. The molecule has 1 fully saturated rings. The topological polar surface area (TPSA) is 28.2 Å². The zero-order chi connectivity index (χ0) is 13.7. The Bertz CT molecular complexity index is 375. The summed E-state index contributed by atoms with van der Waals surface area (Å²) in [5, 5.41) is 4.79. The van der Waals surface area contributed by atoms with Crippen molar-refractivity contribution in [1.82, 2.24) is 15.2 Å². The van der Waals surface area contributed by atoms with Gasteiger partial charge >= 0.3 is 0 Å². The van der Waals surface area contributed by atoms with Crippen LogP contribution in [0.4, 0.5) is 0 Å². The quantitative estimate of drug-likeness (QED) is 0.869. The molecule has 1 N–H and O–H groups in total. The van der Waals surface area contributed by atoms with Crippen molar-refractivity contribution >= 4 is 11.3 Å². The first-order chi connectivity index (χ1) is 9.13. The monoisotopic (exact) mass is 281 g/mol. The van der Waals surface area contributed by atoms with Crippen molar-refractivity contribution in [2.45, 2.75) is 40.2 Å². The summed E-state index contributed by atoms with van der Waals surface area (Å²) in [4.78, 5) is 8.36. The molecule has 3 nitrogen and oxygen atoms in total. The van der Waals surface area contributed by atoms with Crippen molar-refractivity contribution in [3.05, 3.63) is 16.1 Å². The molecule has 1 atom stereocenters. The van der Waals surface area contributed by atoms with Crippen LogP contribution in [-0.2, 0) is 6.54 Å². The second-order valence-electron chi connectivity index (χ2n) is 6.14. The zero-order valence-corrected chi connectivity index (χ0v) is 13.3. The Kier molecular flexibility index (Phi) is 5.79. The number of hydrogen-bond donors (Lipinski definition) is 1. The minimum absolute atomic E-state index is 0.750. The predicted octanol–water partition coefficient (Wildman–Crippen LogP) is 2.91. The first-order valence-corrected chi connectivity index (χ1v) is 8.29. The standard InChI is InChI=1S/C15H27N3S/c1-12(2)7-16-8-14-5-4-6-18(10-14)11-15-9-17-13(3)19-15/h9,12,14,16H,4-8,10-11H2,1-3H3. The summed E-state index contributed by atoms with van der Waals surface area (Å²) in [5.41, 5.74) is 0. The molecule has 1 aromatic rings. The van der Waals surface area contributed by atoms with Crippen LogP contribution < -0.4 is 5.32 Å². The Hall–Kier alpha value is -0.450. The summed E-state index contributed by atoms with van der Waals surface area (Å²) < 4.78 is 0. The molecule has 0 spiro atoms.